The third-order valence-corrected chi connectivity index (χ3v) is 4.78. The molecule has 1 N–H and O–H groups in total. The molecule has 1 aromatic carbocycles. The van der Waals surface area contributed by atoms with Gasteiger partial charge >= 0.3 is 0 Å². The molecule has 0 aliphatic carbocycles. The second-order valence-corrected chi connectivity index (χ2v) is 6.90. The zero-order valence-corrected chi connectivity index (χ0v) is 16.5. The molecule has 8 heteroatoms. The molecule has 0 saturated heterocycles. The summed E-state index contributed by atoms with van der Waals surface area (Å²) in [5, 5.41) is 6.24. The second kappa shape index (κ2) is 8.53. The minimum Gasteiger partial charge on any atom is -0.274 e. The highest BCUT2D eigenvalue weighted by Crippen LogP contribution is 2.33. The van der Waals surface area contributed by atoms with Crippen LogP contribution in [0.3, 0.4) is 0 Å². The molecule has 3 aromatic rings. The van der Waals surface area contributed by atoms with Crippen molar-refractivity contribution < 1.29 is 9.59 Å². The van der Waals surface area contributed by atoms with Gasteiger partial charge in [-0.2, -0.15) is 5.10 Å². The number of aryl methyl sites for hydroxylation is 2. The minimum atomic E-state index is -0.409. The third-order valence-electron chi connectivity index (χ3n) is 3.94. The van der Waals surface area contributed by atoms with E-state index in [-0.39, 0.29) is 11.6 Å². The predicted octanol–water partition coefficient (Wildman–Crippen LogP) is 3.60. The fraction of sp³-hybridized carbons (Fsp3) is 0.150. The molecule has 0 bridgehead atoms. The molecule has 0 spiro atoms. The van der Waals surface area contributed by atoms with Crippen molar-refractivity contribution in [1.82, 2.24) is 15.4 Å². The molecule has 0 unspecified atom stereocenters. The average Bonchev–Trinajstić information content (AvgIpc) is 3.13. The lowest BCUT2D eigenvalue weighted by molar-refractivity contribution is -0.115. The number of nitrogens with zero attached hydrogens (tertiary/aromatic N) is 4. The van der Waals surface area contributed by atoms with Gasteiger partial charge in [-0.15, -0.1) is 11.3 Å². The van der Waals surface area contributed by atoms with Crippen LogP contribution in [0.1, 0.15) is 34.2 Å². The van der Waals surface area contributed by atoms with Crippen LogP contribution in [0, 0.1) is 13.8 Å². The summed E-state index contributed by atoms with van der Waals surface area (Å²) in [6, 6.07) is 10.9. The van der Waals surface area contributed by atoms with E-state index in [1.165, 1.54) is 30.7 Å². The lowest BCUT2D eigenvalue weighted by Gasteiger charge is -2.22. The molecular formula is C20H19N5O2S. The summed E-state index contributed by atoms with van der Waals surface area (Å²) in [5.74, 6) is -0.535. The van der Waals surface area contributed by atoms with Crippen molar-refractivity contribution in [2.75, 3.05) is 4.90 Å². The van der Waals surface area contributed by atoms with Crippen LogP contribution in [-0.4, -0.2) is 28.0 Å². The van der Waals surface area contributed by atoms with Crippen LogP contribution in [0.2, 0.25) is 0 Å². The molecule has 2 heterocycles. The number of hydrogen-bond donors (Lipinski definition) is 1. The molecule has 0 radical (unpaired) electrons. The van der Waals surface area contributed by atoms with Crippen molar-refractivity contribution >= 4 is 40.2 Å². The summed E-state index contributed by atoms with van der Waals surface area (Å²) >= 11 is 1.33. The molecule has 0 fully saturated rings. The highest BCUT2D eigenvalue weighted by Gasteiger charge is 2.21. The zero-order chi connectivity index (χ0) is 20.1. The molecule has 28 heavy (non-hydrogen) atoms. The zero-order valence-electron chi connectivity index (χ0n) is 15.7. The number of benzene rings is 1. The van der Waals surface area contributed by atoms with Gasteiger partial charge in [0.25, 0.3) is 5.91 Å². The van der Waals surface area contributed by atoms with Crippen LogP contribution < -0.4 is 10.3 Å². The quantitative estimate of drug-likeness (QED) is 0.530. The van der Waals surface area contributed by atoms with Crippen molar-refractivity contribution in [2.45, 2.75) is 20.8 Å². The smallest absolute Gasteiger partial charge is 0.274 e. The molecule has 2 amide bonds. The summed E-state index contributed by atoms with van der Waals surface area (Å²) in [5.41, 5.74) is 6.03. The van der Waals surface area contributed by atoms with E-state index in [0.717, 1.165) is 16.8 Å². The fourth-order valence-electron chi connectivity index (χ4n) is 2.70. The highest BCUT2D eigenvalue weighted by molar-refractivity contribution is 7.14. The lowest BCUT2D eigenvalue weighted by Crippen LogP contribution is -2.24. The van der Waals surface area contributed by atoms with Crippen LogP contribution in [0.4, 0.5) is 10.8 Å². The minimum absolute atomic E-state index is 0.126. The van der Waals surface area contributed by atoms with E-state index in [1.54, 1.807) is 28.5 Å². The number of hydrogen-bond acceptors (Lipinski definition) is 6. The molecule has 2 aromatic heterocycles. The number of para-hydroxylation sites is 1. The number of amides is 2. The summed E-state index contributed by atoms with van der Waals surface area (Å²) in [4.78, 5) is 34.3. The summed E-state index contributed by atoms with van der Waals surface area (Å²) in [7, 11) is 0. The molecule has 0 saturated carbocycles. The topological polar surface area (TPSA) is 87.5 Å². The molecule has 142 valence electrons. The Balaban J connectivity index is 1.78. The first-order valence-corrected chi connectivity index (χ1v) is 9.42. The largest absolute Gasteiger partial charge is 0.289 e. The van der Waals surface area contributed by atoms with Gasteiger partial charge in [-0.05, 0) is 37.1 Å². The molecular weight excluding hydrogens is 374 g/mol. The Labute approximate surface area is 166 Å². The Hall–Kier alpha value is -3.39. The van der Waals surface area contributed by atoms with E-state index in [1.807, 2.05) is 32.0 Å². The number of rotatable bonds is 5. The number of aromatic nitrogens is 2. The van der Waals surface area contributed by atoms with Crippen molar-refractivity contribution in [2.24, 2.45) is 5.10 Å². The summed E-state index contributed by atoms with van der Waals surface area (Å²) in [6.45, 7) is 5.43. The van der Waals surface area contributed by atoms with Gasteiger partial charge in [0, 0.05) is 18.5 Å². The maximum Gasteiger partial charge on any atom is 0.289 e. The molecule has 0 aliphatic rings. The van der Waals surface area contributed by atoms with E-state index in [0.29, 0.717) is 10.8 Å². The predicted molar refractivity (Wildman–Crippen MR) is 110 cm³/mol. The van der Waals surface area contributed by atoms with E-state index in [2.05, 4.69) is 20.5 Å². The maximum atomic E-state index is 12.3. The maximum absolute atomic E-state index is 12.3. The number of anilines is 2. The molecule has 0 aliphatic heterocycles. The first kappa shape index (κ1) is 19.4. The highest BCUT2D eigenvalue weighted by atomic mass is 32.1. The van der Waals surface area contributed by atoms with Gasteiger partial charge in [0.1, 0.15) is 5.69 Å². The van der Waals surface area contributed by atoms with Crippen LogP contribution in [-0.2, 0) is 4.79 Å². The first-order valence-electron chi connectivity index (χ1n) is 8.54. The number of thiazole rings is 1. The Bertz CT molecular complexity index is 1010. The monoisotopic (exact) mass is 393 g/mol. The van der Waals surface area contributed by atoms with Gasteiger partial charge in [-0.3, -0.25) is 19.5 Å². The summed E-state index contributed by atoms with van der Waals surface area (Å²) < 4.78 is 0. The Morgan fingerprint density at radius 2 is 1.89 bits per heavy atom. The van der Waals surface area contributed by atoms with E-state index >= 15 is 0 Å². The number of carbonyl (C=O) groups is 2. The van der Waals surface area contributed by atoms with Crippen molar-refractivity contribution in [3.8, 4) is 0 Å². The van der Waals surface area contributed by atoms with Gasteiger partial charge in [0.15, 0.2) is 5.13 Å². The van der Waals surface area contributed by atoms with Crippen molar-refractivity contribution in [3.05, 3.63) is 70.5 Å². The van der Waals surface area contributed by atoms with Crippen LogP contribution in [0.25, 0.3) is 0 Å². The van der Waals surface area contributed by atoms with E-state index in [4.69, 9.17) is 0 Å². The standard InChI is InChI=1S/C20H19N5O2S/c1-13-7-6-8-14(2)18(13)25(15(3)26)20-23-16(12-28-20)11-22-24-19(27)17-9-4-5-10-21-17/h4-12H,1-3H3,(H,24,27)/b22-11-. The fourth-order valence-corrected chi connectivity index (χ4v) is 3.52. The number of hydrazone groups is 1. The Morgan fingerprint density at radius 1 is 1.14 bits per heavy atom. The average molecular weight is 393 g/mol. The molecule has 0 atom stereocenters. The normalized spacial score (nSPS) is 10.8. The second-order valence-electron chi connectivity index (χ2n) is 6.06. The lowest BCUT2D eigenvalue weighted by atomic mass is 10.1. The van der Waals surface area contributed by atoms with Gasteiger partial charge in [0.2, 0.25) is 5.91 Å². The van der Waals surface area contributed by atoms with Crippen LogP contribution in [0.5, 0.6) is 0 Å². The van der Waals surface area contributed by atoms with Crippen LogP contribution in [0.15, 0.2) is 53.1 Å². The SMILES string of the molecule is CC(=O)N(c1nc(/C=N\NC(=O)c2ccccn2)cs1)c1c(C)cccc1C. The van der Waals surface area contributed by atoms with Gasteiger partial charge < -0.3 is 0 Å². The molecule has 7 nitrogen and oxygen atoms in total. The van der Waals surface area contributed by atoms with Gasteiger partial charge in [-0.25, -0.2) is 10.4 Å². The van der Waals surface area contributed by atoms with Gasteiger partial charge in [0.05, 0.1) is 17.6 Å². The summed E-state index contributed by atoms with van der Waals surface area (Å²) in [6.07, 6.45) is 2.97. The number of carbonyl (C=O) groups excluding carboxylic acids is 2. The Kier molecular flexibility index (Phi) is 5.90. The van der Waals surface area contributed by atoms with Crippen LogP contribution >= 0.6 is 11.3 Å². The number of nitrogens with one attached hydrogen (secondary N) is 1. The van der Waals surface area contributed by atoms with E-state index in [9.17, 15) is 9.59 Å². The molecule has 3 rings (SSSR count). The van der Waals surface area contributed by atoms with Crippen molar-refractivity contribution in [1.29, 1.82) is 0 Å². The van der Waals surface area contributed by atoms with Gasteiger partial charge in [-0.1, -0.05) is 24.3 Å². The van der Waals surface area contributed by atoms with E-state index < -0.39 is 5.91 Å². The Morgan fingerprint density at radius 3 is 2.54 bits per heavy atom. The third kappa shape index (κ3) is 4.29. The van der Waals surface area contributed by atoms with Crippen molar-refractivity contribution in [3.63, 3.8) is 0 Å². The number of pyridine rings is 1. The first-order chi connectivity index (χ1) is 13.5.